The van der Waals surface area contributed by atoms with Crippen LogP contribution >= 0.6 is 11.6 Å². The Hall–Kier alpha value is -2.37. The van der Waals surface area contributed by atoms with Crippen LogP contribution in [0.5, 0.6) is 0 Å². The van der Waals surface area contributed by atoms with E-state index in [9.17, 15) is 9.59 Å². The Morgan fingerprint density at radius 2 is 1.58 bits per heavy atom. The molecule has 2 rings (SSSR count). The third-order valence-electron chi connectivity index (χ3n) is 4.13. The molecule has 1 atom stereocenters. The second-order valence-corrected chi connectivity index (χ2v) is 6.68. The standard InChI is InChI=1S/C20H24ClN3O2/c1-13-5-4-6-14(2)20(13)24-19(26)12-23-18(25)11-22-15(3)16-7-9-17(21)10-8-16/h4-10,15,22H,11-12H2,1-3H3,(H,23,25)(H,24,26)/t15-/m0/s1. The van der Waals surface area contributed by atoms with Crippen LogP contribution in [0.15, 0.2) is 42.5 Å². The summed E-state index contributed by atoms with van der Waals surface area (Å²) >= 11 is 5.87. The summed E-state index contributed by atoms with van der Waals surface area (Å²) in [5.74, 6) is -0.482. The average Bonchev–Trinajstić information content (AvgIpc) is 2.61. The lowest BCUT2D eigenvalue weighted by atomic mass is 10.1. The van der Waals surface area contributed by atoms with Crippen molar-refractivity contribution in [3.63, 3.8) is 0 Å². The number of hydrogen-bond donors (Lipinski definition) is 3. The van der Waals surface area contributed by atoms with Gasteiger partial charge >= 0.3 is 0 Å². The van der Waals surface area contributed by atoms with Crippen LogP contribution in [-0.2, 0) is 9.59 Å². The van der Waals surface area contributed by atoms with Gasteiger partial charge in [-0.3, -0.25) is 9.59 Å². The number of nitrogens with one attached hydrogen (secondary N) is 3. The van der Waals surface area contributed by atoms with Crippen LogP contribution in [0.1, 0.15) is 29.7 Å². The Bertz CT molecular complexity index is 755. The fourth-order valence-electron chi connectivity index (χ4n) is 2.55. The van der Waals surface area contributed by atoms with Crippen molar-refractivity contribution >= 4 is 29.1 Å². The molecule has 0 aliphatic carbocycles. The molecule has 3 N–H and O–H groups in total. The Morgan fingerprint density at radius 3 is 2.19 bits per heavy atom. The molecule has 0 aromatic heterocycles. The highest BCUT2D eigenvalue weighted by molar-refractivity contribution is 6.30. The smallest absolute Gasteiger partial charge is 0.243 e. The van der Waals surface area contributed by atoms with Gasteiger partial charge in [-0.2, -0.15) is 0 Å². The molecule has 0 aliphatic heterocycles. The van der Waals surface area contributed by atoms with Gasteiger partial charge in [0.05, 0.1) is 13.1 Å². The quantitative estimate of drug-likeness (QED) is 0.697. The van der Waals surface area contributed by atoms with Gasteiger partial charge in [-0.25, -0.2) is 0 Å². The van der Waals surface area contributed by atoms with Crippen LogP contribution in [0.2, 0.25) is 5.02 Å². The van der Waals surface area contributed by atoms with Crippen LogP contribution < -0.4 is 16.0 Å². The highest BCUT2D eigenvalue weighted by Gasteiger charge is 2.11. The molecule has 138 valence electrons. The zero-order valence-electron chi connectivity index (χ0n) is 15.2. The molecular formula is C20H24ClN3O2. The van der Waals surface area contributed by atoms with E-state index in [-0.39, 0.29) is 30.9 Å². The van der Waals surface area contributed by atoms with Gasteiger partial charge in [-0.05, 0) is 49.6 Å². The lowest BCUT2D eigenvalue weighted by Gasteiger charge is -2.15. The van der Waals surface area contributed by atoms with Crippen molar-refractivity contribution in [2.75, 3.05) is 18.4 Å². The summed E-state index contributed by atoms with van der Waals surface area (Å²) < 4.78 is 0. The molecule has 0 bridgehead atoms. The van der Waals surface area contributed by atoms with E-state index in [2.05, 4.69) is 16.0 Å². The largest absolute Gasteiger partial charge is 0.346 e. The lowest BCUT2D eigenvalue weighted by molar-refractivity contribution is -0.123. The van der Waals surface area contributed by atoms with Crippen molar-refractivity contribution in [1.29, 1.82) is 0 Å². The van der Waals surface area contributed by atoms with Crippen molar-refractivity contribution in [2.45, 2.75) is 26.8 Å². The van der Waals surface area contributed by atoms with Crippen molar-refractivity contribution < 1.29 is 9.59 Å². The summed E-state index contributed by atoms with van der Waals surface area (Å²) in [6, 6.07) is 13.3. The molecule has 26 heavy (non-hydrogen) atoms. The molecule has 0 aliphatic rings. The minimum absolute atomic E-state index is 0.00135. The third kappa shape index (κ3) is 5.86. The van der Waals surface area contributed by atoms with Gasteiger partial charge in [0.25, 0.3) is 0 Å². The van der Waals surface area contributed by atoms with Crippen LogP contribution in [-0.4, -0.2) is 24.9 Å². The Labute approximate surface area is 159 Å². The number of carbonyl (C=O) groups excluding carboxylic acids is 2. The summed E-state index contributed by atoms with van der Waals surface area (Å²) in [5.41, 5.74) is 3.81. The molecular weight excluding hydrogens is 350 g/mol. The van der Waals surface area contributed by atoms with Crippen LogP contribution in [0.3, 0.4) is 0 Å². The van der Waals surface area contributed by atoms with Crippen molar-refractivity contribution in [3.05, 3.63) is 64.2 Å². The van der Waals surface area contributed by atoms with Crippen LogP contribution in [0.4, 0.5) is 5.69 Å². The normalized spacial score (nSPS) is 11.7. The zero-order valence-corrected chi connectivity index (χ0v) is 16.0. The number of benzene rings is 2. The number of aryl methyl sites for hydroxylation is 2. The molecule has 0 saturated heterocycles. The van der Waals surface area contributed by atoms with Gasteiger partial charge in [0.1, 0.15) is 0 Å². The number of amides is 2. The summed E-state index contributed by atoms with van der Waals surface area (Å²) in [4.78, 5) is 24.0. The summed E-state index contributed by atoms with van der Waals surface area (Å²) in [6.45, 7) is 5.89. The molecule has 2 amide bonds. The number of anilines is 1. The summed E-state index contributed by atoms with van der Waals surface area (Å²) in [7, 11) is 0. The molecule has 0 spiro atoms. The summed E-state index contributed by atoms with van der Waals surface area (Å²) in [5, 5.41) is 9.26. The van der Waals surface area contributed by atoms with Gasteiger partial charge < -0.3 is 16.0 Å². The molecule has 6 heteroatoms. The number of para-hydroxylation sites is 1. The molecule has 0 heterocycles. The van der Waals surface area contributed by atoms with Gasteiger partial charge in [0.2, 0.25) is 11.8 Å². The first-order valence-electron chi connectivity index (χ1n) is 8.48. The SMILES string of the molecule is Cc1cccc(C)c1NC(=O)CNC(=O)CN[C@@H](C)c1ccc(Cl)cc1. The van der Waals surface area contributed by atoms with E-state index >= 15 is 0 Å². The molecule has 5 nitrogen and oxygen atoms in total. The predicted octanol–water partition coefficient (Wildman–Crippen LogP) is 3.36. The maximum absolute atomic E-state index is 12.1. The second kappa shape index (κ2) is 9.36. The van der Waals surface area contributed by atoms with Crippen LogP contribution in [0.25, 0.3) is 0 Å². The van der Waals surface area contributed by atoms with E-state index < -0.39 is 0 Å². The highest BCUT2D eigenvalue weighted by Crippen LogP contribution is 2.19. The van der Waals surface area contributed by atoms with E-state index in [0.717, 1.165) is 22.4 Å². The van der Waals surface area contributed by atoms with E-state index in [4.69, 9.17) is 11.6 Å². The fraction of sp³-hybridized carbons (Fsp3) is 0.300. The molecule has 0 fully saturated rings. The Kier molecular flexibility index (Phi) is 7.18. The van der Waals surface area contributed by atoms with E-state index in [1.54, 1.807) is 0 Å². The fourth-order valence-corrected chi connectivity index (χ4v) is 2.68. The summed E-state index contributed by atoms with van der Waals surface area (Å²) in [6.07, 6.45) is 0. The number of carbonyl (C=O) groups is 2. The maximum Gasteiger partial charge on any atom is 0.243 e. The number of halogens is 1. The van der Waals surface area contributed by atoms with Crippen molar-refractivity contribution in [3.8, 4) is 0 Å². The van der Waals surface area contributed by atoms with Gasteiger partial charge in [0.15, 0.2) is 0 Å². The Morgan fingerprint density at radius 1 is 0.962 bits per heavy atom. The lowest BCUT2D eigenvalue weighted by Crippen LogP contribution is -2.39. The highest BCUT2D eigenvalue weighted by atomic mass is 35.5. The monoisotopic (exact) mass is 373 g/mol. The number of hydrogen-bond acceptors (Lipinski definition) is 3. The molecule has 0 saturated carbocycles. The third-order valence-corrected chi connectivity index (χ3v) is 4.38. The molecule has 2 aromatic carbocycles. The maximum atomic E-state index is 12.1. The molecule has 2 aromatic rings. The van der Waals surface area contributed by atoms with E-state index in [0.29, 0.717) is 5.02 Å². The first-order chi connectivity index (χ1) is 12.4. The topological polar surface area (TPSA) is 70.2 Å². The Balaban J connectivity index is 1.76. The molecule has 0 radical (unpaired) electrons. The van der Waals surface area contributed by atoms with Gasteiger partial charge in [0, 0.05) is 16.8 Å². The van der Waals surface area contributed by atoms with Crippen molar-refractivity contribution in [1.82, 2.24) is 10.6 Å². The zero-order chi connectivity index (χ0) is 19.1. The number of rotatable bonds is 7. The average molecular weight is 374 g/mol. The van der Waals surface area contributed by atoms with Gasteiger partial charge in [-0.15, -0.1) is 0 Å². The minimum atomic E-state index is -0.249. The predicted molar refractivity (Wildman–Crippen MR) is 105 cm³/mol. The van der Waals surface area contributed by atoms with Crippen LogP contribution in [0, 0.1) is 13.8 Å². The van der Waals surface area contributed by atoms with E-state index in [1.165, 1.54) is 0 Å². The molecule has 0 unspecified atom stereocenters. The second-order valence-electron chi connectivity index (χ2n) is 6.25. The van der Waals surface area contributed by atoms with E-state index in [1.807, 2.05) is 63.2 Å². The van der Waals surface area contributed by atoms with Crippen molar-refractivity contribution in [2.24, 2.45) is 0 Å². The minimum Gasteiger partial charge on any atom is -0.346 e. The first-order valence-corrected chi connectivity index (χ1v) is 8.86. The van der Waals surface area contributed by atoms with Gasteiger partial charge in [-0.1, -0.05) is 41.9 Å². The first kappa shape index (κ1) is 19.9.